The van der Waals surface area contributed by atoms with Gasteiger partial charge in [-0.2, -0.15) is 0 Å². The SMILES string of the molecule is COc1cc(-c2cc3c(nn2)-c2ccccc2C3=O)ccc1O. The Morgan fingerprint density at radius 1 is 0.957 bits per heavy atom. The van der Waals surface area contributed by atoms with Gasteiger partial charge in [-0.25, -0.2) is 0 Å². The predicted molar refractivity (Wildman–Crippen MR) is 84.6 cm³/mol. The number of ketones is 1. The Morgan fingerprint density at radius 3 is 2.52 bits per heavy atom. The van der Waals surface area contributed by atoms with Gasteiger partial charge in [0, 0.05) is 16.7 Å². The molecule has 0 saturated carbocycles. The minimum absolute atomic E-state index is 0.0440. The molecule has 0 bridgehead atoms. The zero-order valence-corrected chi connectivity index (χ0v) is 12.3. The molecule has 0 amide bonds. The first kappa shape index (κ1) is 13.5. The van der Waals surface area contributed by atoms with Crippen LogP contribution in [0.25, 0.3) is 22.5 Å². The summed E-state index contributed by atoms with van der Waals surface area (Å²) in [6, 6.07) is 14.0. The Kier molecular flexibility index (Phi) is 2.87. The van der Waals surface area contributed by atoms with E-state index >= 15 is 0 Å². The van der Waals surface area contributed by atoms with E-state index in [0.29, 0.717) is 28.3 Å². The molecule has 0 saturated heterocycles. The number of aromatic nitrogens is 2. The molecule has 1 heterocycles. The van der Waals surface area contributed by atoms with Crippen molar-refractivity contribution in [2.45, 2.75) is 0 Å². The number of phenols is 1. The van der Waals surface area contributed by atoms with E-state index in [4.69, 9.17) is 4.74 Å². The van der Waals surface area contributed by atoms with Crippen LogP contribution in [0.3, 0.4) is 0 Å². The lowest BCUT2D eigenvalue weighted by Crippen LogP contribution is -1.98. The van der Waals surface area contributed by atoms with Gasteiger partial charge in [-0.05, 0) is 24.3 Å². The van der Waals surface area contributed by atoms with Gasteiger partial charge in [0.25, 0.3) is 0 Å². The summed E-state index contributed by atoms with van der Waals surface area (Å²) in [6.07, 6.45) is 0. The molecule has 1 N–H and O–H groups in total. The van der Waals surface area contributed by atoms with Crippen LogP contribution >= 0.6 is 0 Å². The van der Waals surface area contributed by atoms with Crippen molar-refractivity contribution in [1.29, 1.82) is 0 Å². The maximum absolute atomic E-state index is 12.5. The number of phenolic OH excluding ortho intramolecular Hbond substituents is 1. The molecule has 0 radical (unpaired) electrons. The van der Waals surface area contributed by atoms with E-state index in [1.165, 1.54) is 13.2 Å². The summed E-state index contributed by atoms with van der Waals surface area (Å²) < 4.78 is 5.11. The van der Waals surface area contributed by atoms with E-state index in [0.717, 1.165) is 11.1 Å². The second-order valence-corrected chi connectivity index (χ2v) is 5.25. The van der Waals surface area contributed by atoms with Crippen molar-refractivity contribution in [3.63, 3.8) is 0 Å². The standard InChI is InChI=1S/C18H12N2O3/c1-23-16-8-10(6-7-15(16)21)14-9-13-17(20-19-14)11-4-2-3-5-12(11)18(13)22/h2-9,21H,1H3. The molecule has 0 aliphatic heterocycles. The molecule has 1 aromatic heterocycles. The quantitative estimate of drug-likeness (QED) is 0.616. The lowest BCUT2D eigenvalue weighted by Gasteiger charge is -2.07. The van der Waals surface area contributed by atoms with Gasteiger partial charge < -0.3 is 9.84 Å². The fraction of sp³-hybridized carbons (Fsp3) is 0.0556. The number of fused-ring (bicyclic) bond motifs is 3. The summed E-state index contributed by atoms with van der Waals surface area (Å²) in [4.78, 5) is 12.5. The van der Waals surface area contributed by atoms with Crippen LogP contribution in [0.15, 0.2) is 48.5 Å². The normalized spacial score (nSPS) is 12.0. The van der Waals surface area contributed by atoms with Crippen LogP contribution in [0.2, 0.25) is 0 Å². The number of hydrogen-bond acceptors (Lipinski definition) is 5. The third-order valence-corrected chi connectivity index (χ3v) is 3.94. The second-order valence-electron chi connectivity index (χ2n) is 5.25. The number of aromatic hydroxyl groups is 1. The molecule has 2 aromatic carbocycles. The van der Waals surface area contributed by atoms with Crippen molar-refractivity contribution >= 4 is 5.78 Å². The van der Waals surface area contributed by atoms with Crippen LogP contribution in [0.1, 0.15) is 15.9 Å². The highest BCUT2D eigenvalue weighted by Gasteiger charge is 2.28. The summed E-state index contributed by atoms with van der Waals surface area (Å²) in [5.41, 5.74) is 3.90. The van der Waals surface area contributed by atoms with Crippen molar-refractivity contribution in [1.82, 2.24) is 10.2 Å². The van der Waals surface area contributed by atoms with Gasteiger partial charge in [0.15, 0.2) is 17.3 Å². The van der Waals surface area contributed by atoms with Gasteiger partial charge in [0.05, 0.1) is 18.4 Å². The molecule has 5 nitrogen and oxygen atoms in total. The van der Waals surface area contributed by atoms with Crippen LogP contribution in [0.5, 0.6) is 11.5 Å². The maximum Gasteiger partial charge on any atom is 0.196 e. The van der Waals surface area contributed by atoms with E-state index in [1.807, 2.05) is 18.2 Å². The molecule has 23 heavy (non-hydrogen) atoms. The van der Waals surface area contributed by atoms with E-state index < -0.39 is 0 Å². The van der Waals surface area contributed by atoms with Crippen LogP contribution in [-0.2, 0) is 0 Å². The van der Waals surface area contributed by atoms with Gasteiger partial charge in [-0.1, -0.05) is 24.3 Å². The molecular formula is C18H12N2O3. The summed E-state index contributed by atoms with van der Waals surface area (Å²) in [7, 11) is 1.48. The second kappa shape index (κ2) is 4.91. The molecule has 5 heteroatoms. The topological polar surface area (TPSA) is 72.3 Å². The Labute approximate surface area is 132 Å². The number of hydrogen-bond donors (Lipinski definition) is 1. The summed E-state index contributed by atoms with van der Waals surface area (Å²) in [6.45, 7) is 0. The maximum atomic E-state index is 12.5. The number of nitrogens with zero attached hydrogens (tertiary/aromatic N) is 2. The lowest BCUT2D eigenvalue weighted by atomic mass is 10.1. The van der Waals surface area contributed by atoms with Crippen LogP contribution in [-0.4, -0.2) is 28.2 Å². The zero-order chi connectivity index (χ0) is 16.0. The zero-order valence-electron chi connectivity index (χ0n) is 12.3. The molecule has 0 atom stereocenters. The first-order chi connectivity index (χ1) is 11.2. The Bertz CT molecular complexity index is 951. The van der Waals surface area contributed by atoms with E-state index in [1.54, 1.807) is 24.3 Å². The van der Waals surface area contributed by atoms with E-state index in [-0.39, 0.29) is 11.5 Å². The van der Waals surface area contributed by atoms with Crippen molar-refractivity contribution in [3.8, 4) is 34.0 Å². The highest BCUT2D eigenvalue weighted by molar-refractivity contribution is 6.21. The minimum Gasteiger partial charge on any atom is -0.504 e. The van der Waals surface area contributed by atoms with Gasteiger partial charge in [-0.3, -0.25) is 4.79 Å². The predicted octanol–water partition coefficient (Wildman–Crippen LogP) is 3.07. The Balaban J connectivity index is 1.85. The Hall–Kier alpha value is -3.21. The van der Waals surface area contributed by atoms with Gasteiger partial charge in [0.2, 0.25) is 0 Å². The number of carbonyl (C=O) groups is 1. The van der Waals surface area contributed by atoms with E-state index in [9.17, 15) is 9.90 Å². The first-order valence-corrected chi connectivity index (χ1v) is 7.08. The number of benzene rings is 2. The van der Waals surface area contributed by atoms with Crippen LogP contribution in [0, 0.1) is 0 Å². The summed E-state index contributed by atoms with van der Waals surface area (Å²) >= 11 is 0. The fourth-order valence-corrected chi connectivity index (χ4v) is 2.77. The molecular weight excluding hydrogens is 292 g/mol. The average Bonchev–Trinajstić information content (AvgIpc) is 2.88. The van der Waals surface area contributed by atoms with Crippen LogP contribution < -0.4 is 4.74 Å². The average molecular weight is 304 g/mol. The van der Waals surface area contributed by atoms with Crippen molar-refractivity contribution in [2.75, 3.05) is 7.11 Å². The van der Waals surface area contributed by atoms with E-state index in [2.05, 4.69) is 10.2 Å². The molecule has 0 spiro atoms. The lowest BCUT2D eigenvalue weighted by molar-refractivity contribution is 0.104. The largest absolute Gasteiger partial charge is 0.504 e. The molecule has 0 unspecified atom stereocenters. The third-order valence-electron chi connectivity index (χ3n) is 3.94. The van der Waals surface area contributed by atoms with Crippen LogP contribution in [0.4, 0.5) is 0 Å². The van der Waals surface area contributed by atoms with Gasteiger partial charge in [0.1, 0.15) is 5.69 Å². The number of rotatable bonds is 2. The molecule has 3 aromatic rings. The first-order valence-electron chi connectivity index (χ1n) is 7.08. The Morgan fingerprint density at radius 2 is 1.74 bits per heavy atom. The van der Waals surface area contributed by atoms with Gasteiger partial charge in [-0.15, -0.1) is 10.2 Å². The molecule has 112 valence electrons. The van der Waals surface area contributed by atoms with Gasteiger partial charge >= 0.3 is 0 Å². The molecule has 1 aliphatic rings. The fourth-order valence-electron chi connectivity index (χ4n) is 2.77. The molecule has 1 aliphatic carbocycles. The highest BCUT2D eigenvalue weighted by atomic mass is 16.5. The smallest absolute Gasteiger partial charge is 0.196 e. The number of ether oxygens (including phenoxy) is 1. The highest BCUT2D eigenvalue weighted by Crippen LogP contribution is 2.37. The molecule has 0 fully saturated rings. The number of methoxy groups -OCH3 is 1. The molecule has 4 rings (SSSR count). The van der Waals surface area contributed by atoms with Crippen molar-refractivity contribution in [3.05, 3.63) is 59.7 Å². The monoisotopic (exact) mass is 304 g/mol. The minimum atomic E-state index is -0.0440. The third kappa shape index (κ3) is 1.97. The summed E-state index contributed by atoms with van der Waals surface area (Å²) in [5.74, 6) is 0.353. The van der Waals surface area contributed by atoms with Crippen molar-refractivity contribution in [2.24, 2.45) is 0 Å². The van der Waals surface area contributed by atoms with Crippen molar-refractivity contribution < 1.29 is 14.6 Å². The number of carbonyl (C=O) groups excluding carboxylic acids is 1. The summed E-state index contributed by atoms with van der Waals surface area (Å²) in [5, 5.41) is 18.1.